The second-order valence-electron chi connectivity index (χ2n) is 2.64. The van der Waals surface area contributed by atoms with Crippen LogP contribution in [0, 0.1) is 0 Å². The van der Waals surface area contributed by atoms with Crippen LogP contribution in [0.15, 0.2) is 4.52 Å². The van der Waals surface area contributed by atoms with E-state index in [1.807, 2.05) is 0 Å². The van der Waals surface area contributed by atoms with E-state index < -0.39 is 9.84 Å². The molecule has 0 N–H and O–H groups in total. The highest BCUT2D eigenvalue weighted by molar-refractivity contribution is 7.89. The number of ketones is 1. The van der Waals surface area contributed by atoms with Crippen LogP contribution >= 0.6 is 0 Å². The van der Waals surface area contributed by atoms with Crippen molar-refractivity contribution >= 4 is 15.6 Å². The van der Waals surface area contributed by atoms with Gasteiger partial charge in [-0.1, -0.05) is 5.16 Å². The molecule has 0 radical (unpaired) electrons. The molecule has 1 heterocycles. The molecular weight excluding hydrogens is 196 g/mol. The number of Topliss-reactive ketones (excluding diaryl/α,β-unsaturated/α-hetero) is 1. The third-order valence-electron chi connectivity index (χ3n) is 1.16. The smallest absolute Gasteiger partial charge is 0.293 e. The fraction of sp³-hybridized carbons (Fsp3) is 0.500. The van der Waals surface area contributed by atoms with Crippen molar-refractivity contribution < 1.29 is 17.7 Å². The third-order valence-corrected chi connectivity index (χ3v) is 1.94. The summed E-state index contributed by atoms with van der Waals surface area (Å²) in [6, 6.07) is 0. The summed E-state index contributed by atoms with van der Waals surface area (Å²) in [5, 5.41) is 3.34. The maximum Gasteiger partial charge on any atom is 0.293 e. The summed E-state index contributed by atoms with van der Waals surface area (Å²) in [5.41, 5.74) is 0. The minimum Gasteiger partial charge on any atom is -0.331 e. The summed E-state index contributed by atoms with van der Waals surface area (Å²) >= 11 is 0. The highest BCUT2D eigenvalue weighted by Gasteiger charge is 2.14. The van der Waals surface area contributed by atoms with Crippen LogP contribution in [0.1, 0.15) is 23.4 Å². The molecule has 0 saturated carbocycles. The van der Waals surface area contributed by atoms with Crippen molar-refractivity contribution in [3.63, 3.8) is 0 Å². The van der Waals surface area contributed by atoms with Crippen LogP contribution in [0.25, 0.3) is 0 Å². The Hall–Kier alpha value is -1.24. The van der Waals surface area contributed by atoms with Gasteiger partial charge in [0.25, 0.3) is 5.89 Å². The molecule has 0 unspecified atom stereocenters. The number of rotatable bonds is 3. The number of carbonyl (C=O) groups is 1. The minimum atomic E-state index is -3.19. The molecule has 0 aliphatic carbocycles. The lowest BCUT2D eigenvalue weighted by Gasteiger charge is -1.87. The van der Waals surface area contributed by atoms with E-state index in [-0.39, 0.29) is 23.3 Å². The Labute approximate surface area is 74.9 Å². The van der Waals surface area contributed by atoms with Gasteiger partial charge in [0.1, 0.15) is 5.75 Å². The first-order valence-corrected chi connectivity index (χ1v) is 5.46. The minimum absolute atomic E-state index is 0.00713. The van der Waals surface area contributed by atoms with Gasteiger partial charge in [-0.15, -0.1) is 0 Å². The van der Waals surface area contributed by atoms with Crippen molar-refractivity contribution in [2.45, 2.75) is 12.7 Å². The molecule has 0 bridgehead atoms. The number of aromatic nitrogens is 2. The molecular formula is C6H8N2O4S. The second-order valence-corrected chi connectivity index (χ2v) is 4.78. The van der Waals surface area contributed by atoms with Gasteiger partial charge in [0.15, 0.2) is 15.7 Å². The predicted molar refractivity (Wildman–Crippen MR) is 42.9 cm³/mol. The topological polar surface area (TPSA) is 90.1 Å². The van der Waals surface area contributed by atoms with Gasteiger partial charge in [-0.05, 0) is 0 Å². The van der Waals surface area contributed by atoms with Gasteiger partial charge < -0.3 is 4.52 Å². The molecule has 7 heteroatoms. The van der Waals surface area contributed by atoms with Crippen LogP contribution < -0.4 is 0 Å². The molecule has 0 saturated heterocycles. The number of hydrogen-bond donors (Lipinski definition) is 0. The van der Waals surface area contributed by atoms with Crippen LogP contribution in [0.2, 0.25) is 0 Å². The van der Waals surface area contributed by atoms with Crippen LogP contribution in [-0.2, 0) is 15.6 Å². The molecule has 72 valence electrons. The van der Waals surface area contributed by atoms with Crippen molar-refractivity contribution in [1.82, 2.24) is 10.1 Å². The molecule has 1 rings (SSSR count). The number of hydrogen-bond acceptors (Lipinski definition) is 6. The predicted octanol–water partition coefficient (Wildman–Crippen LogP) is -0.183. The molecule has 6 nitrogen and oxygen atoms in total. The van der Waals surface area contributed by atoms with Crippen LogP contribution in [0.3, 0.4) is 0 Å². The maximum atomic E-state index is 10.8. The van der Waals surface area contributed by atoms with Gasteiger partial charge in [-0.2, -0.15) is 4.98 Å². The highest BCUT2D eigenvalue weighted by atomic mass is 32.2. The standard InChI is InChI=1S/C6H8N2O4S/c1-4(9)6-7-5(8-12-6)3-13(2,10)11/h3H2,1-2H3. The zero-order valence-electron chi connectivity index (χ0n) is 7.14. The molecule has 0 amide bonds. The highest BCUT2D eigenvalue weighted by Crippen LogP contribution is 2.01. The average molecular weight is 204 g/mol. The Balaban J connectivity index is 2.87. The van der Waals surface area contributed by atoms with E-state index in [2.05, 4.69) is 14.7 Å². The van der Waals surface area contributed by atoms with E-state index >= 15 is 0 Å². The van der Waals surface area contributed by atoms with Gasteiger partial charge in [0, 0.05) is 13.2 Å². The molecule has 0 aliphatic rings. The SMILES string of the molecule is CC(=O)c1nc(CS(C)(=O)=O)no1. The van der Waals surface area contributed by atoms with Crippen LogP contribution in [0.4, 0.5) is 0 Å². The largest absolute Gasteiger partial charge is 0.331 e. The first kappa shape index (κ1) is 9.85. The first-order valence-electron chi connectivity index (χ1n) is 3.40. The molecule has 0 atom stereocenters. The molecule has 0 spiro atoms. The molecule has 1 aromatic heterocycles. The zero-order valence-corrected chi connectivity index (χ0v) is 7.96. The first-order chi connectivity index (χ1) is 5.88. The lowest BCUT2D eigenvalue weighted by atomic mass is 10.4. The summed E-state index contributed by atoms with van der Waals surface area (Å²) in [4.78, 5) is 14.3. The van der Waals surface area contributed by atoms with Crippen molar-refractivity contribution in [2.24, 2.45) is 0 Å². The maximum absolute atomic E-state index is 10.8. The average Bonchev–Trinajstić information content (AvgIpc) is 2.31. The number of nitrogens with zero attached hydrogens (tertiary/aromatic N) is 2. The van der Waals surface area contributed by atoms with E-state index in [1.54, 1.807) is 0 Å². The Kier molecular flexibility index (Phi) is 2.46. The van der Waals surface area contributed by atoms with E-state index in [9.17, 15) is 13.2 Å². The van der Waals surface area contributed by atoms with Crippen LogP contribution in [-0.4, -0.2) is 30.6 Å². The quantitative estimate of drug-likeness (QED) is 0.634. The van der Waals surface area contributed by atoms with Crippen LogP contribution in [0.5, 0.6) is 0 Å². The summed E-state index contributed by atoms with van der Waals surface area (Å²) in [5.74, 6) is -0.859. The molecule has 1 aromatic rings. The molecule has 0 fully saturated rings. The van der Waals surface area contributed by atoms with Crippen molar-refractivity contribution in [1.29, 1.82) is 0 Å². The Morgan fingerprint density at radius 3 is 2.54 bits per heavy atom. The third kappa shape index (κ3) is 2.94. The normalized spacial score (nSPS) is 11.5. The lowest BCUT2D eigenvalue weighted by Crippen LogP contribution is -2.02. The lowest BCUT2D eigenvalue weighted by molar-refractivity contribution is 0.0972. The van der Waals surface area contributed by atoms with E-state index in [0.29, 0.717) is 0 Å². The Morgan fingerprint density at radius 1 is 1.54 bits per heavy atom. The van der Waals surface area contributed by atoms with Crippen molar-refractivity contribution in [2.75, 3.05) is 6.26 Å². The van der Waals surface area contributed by atoms with Gasteiger partial charge in [-0.3, -0.25) is 4.79 Å². The van der Waals surface area contributed by atoms with Crippen molar-refractivity contribution in [3.05, 3.63) is 11.7 Å². The van der Waals surface area contributed by atoms with Gasteiger partial charge >= 0.3 is 0 Å². The Morgan fingerprint density at radius 2 is 2.15 bits per heavy atom. The Bertz CT molecular complexity index is 420. The molecule has 13 heavy (non-hydrogen) atoms. The number of carbonyl (C=O) groups excluding carboxylic acids is 1. The van der Waals surface area contributed by atoms with E-state index in [0.717, 1.165) is 6.26 Å². The van der Waals surface area contributed by atoms with Gasteiger partial charge in [0.05, 0.1) is 0 Å². The van der Waals surface area contributed by atoms with E-state index in [1.165, 1.54) is 6.92 Å². The summed E-state index contributed by atoms with van der Waals surface area (Å²) in [6.07, 6.45) is 1.05. The van der Waals surface area contributed by atoms with E-state index in [4.69, 9.17) is 0 Å². The van der Waals surface area contributed by atoms with Gasteiger partial charge in [-0.25, -0.2) is 8.42 Å². The van der Waals surface area contributed by atoms with Gasteiger partial charge in [0.2, 0.25) is 5.78 Å². The fourth-order valence-electron chi connectivity index (χ4n) is 0.690. The molecule has 0 aliphatic heterocycles. The summed E-state index contributed by atoms with van der Waals surface area (Å²) in [6.45, 7) is 1.26. The fourth-order valence-corrected chi connectivity index (χ4v) is 1.28. The second kappa shape index (κ2) is 3.25. The summed E-state index contributed by atoms with van der Waals surface area (Å²) < 4.78 is 26.0. The van der Waals surface area contributed by atoms with Crippen molar-refractivity contribution in [3.8, 4) is 0 Å². The zero-order chi connectivity index (χ0) is 10.1. The number of sulfone groups is 1. The monoisotopic (exact) mass is 204 g/mol. The summed E-state index contributed by atoms with van der Waals surface area (Å²) in [7, 11) is -3.19. The molecule has 0 aromatic carbocycles.